The first kappa shape index (κ1) is 21.5. The Morgan fingerprint density at radius 2 is 2.03 bits per heavy atom. The molecule has 31 heavy (non-hydrogen) atoms. The van der Waals surface area contributed by atoms with Crippen molar-refractivity contribution in [2.75, 3.05) is 6.54 Å². The third kappa shape index (κ3) is 4.48. The molecule has 0 spiro atoms. The van der Waals surface area contributed by atoms with Crippen LogP contribution in [0.1, 0.15) is 69.7 Å². The van der Waals surface area contributed by atoms with Crippen LogP contribution in [0.15, 0.2) is 18.5 Å². The standard InChI is InChI=1S/C23H31N5O3/c1-15(29)18-13-27(21-17(18)8-10-24-26-21)14-20(30)28-11-5-7-19(28)22(31)25-16-6-4-9-23(2,3)12-16/h8,10,13,16,19H,4-7,9,11-12,14H2,1-3H3,(H,25,31)/t16?,19-/m0/s1. The summed E-state index contributed by atoms with van der Waals surface area (Å²) in [6.45, 7) is 6.58. The minimum atomic E-state index is -0.433. The molecule has 1 N–H and O–H groups in total. The molecule has 4 rings (SSSR count). The number of carbonyl (C=O) groups excluding carboxylic acids is 3. The molecular weight excluding hydrogens is 394 g/mol. The van der Waals surface area contributed by atoms with Crippen LogP contribution in [0, 0.1) is 5.41 Å². The van der Waals surface area contributed by atoms with Gasteiger partial charge in [0, 0.05) is 29.7 Å². The topological polar surface area (TPSA) is 97.2 Å². The Morgan fingerprint density at radius 3 is 2.77 bits per heavy atom. The number of aromatic nitrogens is 3. The molecule has 166 valence electrons. The fourth-order valence-corrected chi connectivity index (χ4v) is 5.13. The van der Waals surface area contributed by atoms with Gasteiger partial charge in [0.05, 0.1) is 6.20 Å². The van der Waals surface area contributed by atoms with Crippen molar-refractivity contribution >= 4 is 28.6 Å². The summed E-state index contributed by atoms with van der Waals surface area (Å²) in [5.41, 5.74) is 1.27. The van der Waals surface area contributed by atoms with Crippen LogP contribution in [0.2, 0.25) is 0 Å². The van der Waals surface area contributed by atoms with Gasteiger partial charge in [0.25, 0.3) is 0 Å². The third-order valence-electron chi connectivity index (χ3n) is 6.66. The van der Waals surface area contributed by atoms with Gasteiger partial charge in [-0.2, -0.15) is 5.10 Å². The SMILES string of the molecule is CC(=O)c1cn(CC(=O)N2CCC[C@H]2C(=O)NC2CCCC(C)(C)C2)c2nnccc12. The first-order valence-corrected chi connectivity index (χ1v) is 11.2. The van der Waals surface area contributed by atoms with Crippen molar-refractivity contribution in [3.05, 3.63) is 24.0 Å². The smallest absolute Gasteiger partial charge is 0.243 e. The summed E-state index contributed by atoms with van der Waals surface area (Å²) in [5, 5.41) is 11.9. The first-order valence-electron chi connectivity index (χ1n) is 11.2. The lowest BCUT2D eigenvalue weighted by molar-refractivity contribution is -0.139. The van der Waals surface area contributed by atoms with Gasteiger partial charge in [-0.1, -0.05) is 20.3 Å². The van der Waals surface area contributed by atoms with Crippen LogP contribution in [-0.4, -0.2) is 55.9 Å². The summed E-state index contributed by atoms with van der Waals surface area (Å²) >= 11 is 0. The van der Waals surface area contributed by atoms with Crippen molar-refractivity contribution in [3.63, 3.8) is 0 Å². The predicted molar refractivity (Wildman–Crippen MR) is 116 cm³/mol. The number of likely N-dealkylation sites (tertiary alicyclic amines) is 1. The Morgan fingerprint density at radius 1 is 1.23 bits per heavy atom. The van der Waals surface area contributed by atoms with Crippen molar-refractivity contribution in [1.29, 1.82) is 0 Å². The molecule has 0 aromatic carbocycles. The lowest BCUT2D eigenvalue weighted by Gasteiger charge is -2.36. The van der Waals surface area contributed by atoms with E-state index in [4.69, 9.17) is 0 Å². The Hall–Kier alpha value is -2.77. The summed E-state index contributed by atoms with van der Waals surface area (Å²) in [7, 11) is 0. The van der Waals surface area contributed by atoms with E-state index in [2.05, 4.69) is 29.4 Å². The molecule has 0 bridgehead atoms. The van der Waals surface area contributed by atoms with Crippen molar-refractivity contribution in [2.24, 2.45) is 5.41 Å². The van der Waals surface area contributed by atoms with Gasteiger partial charge in [-0.25, -0.2) is 0 Å². The van der Waals surface area contributed by atoms with Crippen molar-refractivity contribution in [1.82, 2.24) is 25.0 Å². The molecule has 8 nitrogen and oxygen atoms in total. The second-order valence-corrected chi connectivity index (χ2v) is 9.71. The summed E-state index contributed by atoms with van der Waals surface area (Å²) in [6.07, 6.45) is 8.96. The number of fused-ring (bicyclic) bond motifs is 1. The van der Waals surface area contributed by atoms with Crippen molar-refractivity contribution in [2.45, 2.75) is 77.9 Å². The Balaban J connectivity index is 1.47. The van der Waals surface area contributed by atoms with Gasteiger partial charge < -0.3 is 14.8 Å². The van der Waals surface area contributed by atoms with Crippen LogP contribution in [0.4, 0.5) is 0 Å². The highest BCUT2D eigenvalue weighted by Gasteiger charge is 2.36. The number of amides is 2. The molecule has 0 radical (unpaired) electrons. The number of rotatable bonds is 5. The molecule has 2 fully saturated rings. The Labute approximate surface area is 182 Å². The Kier molecular flexibility index (Phi) is 5.81. The second-order valence-electron chi connectivity index (χ2n) is 9.71. The van der Waals surface area contributed by atoms with Crippen LogP contribution < -0.4 is 5.32 Å². The van der Waals surface area contributed by atoms with Gasteiger partial charge in [0.15, 0.2) is 11.4 Å². The quantitative estimate of drug-likeness (QED) is 0.743. The average Bonchev–Trinajstić information content (AvgIpc) is 3.33. The van der Waals surface area contributed by atoms with Gasteiger partial charge in [-0.05, 0) is 50.5 Å². The largest absolute Gasteiger partial charge is 0.352 e. The molecule has 2 aliphatic rings. The van der Waals surface area contributed by atoms with Gasteiger partial charge in [0.1, 0.15) is 12.6 Å². The number of hydrogen-bond acceptors (Lipinski definition) is 5. The minimum Gasteiger partial charge on any atom is -0.352 e. The van der Waals surface area contributed by atoms with Gasteiger partial charge >= 0.3 is 0 Å². The zero-order valence-electron chi connectivity index (χ0n) is 18.6. The number of hydrogen-bond donors (Lipinski definition) is 1. The summed E-state index contributed by atoms with van der Waals surface area (Å²) in [4.78, 5) is 39.8. The zero-order chi connectivity index (χ0) is 22.2. The second kappa shape index (κ2) is 8.40. The lowest BCUT2D eigenvalue weighted by atomic mass is 9.75. The van der Waals surface area contributed by atoms with Crippen LogP contribution in [0.3, 0.4) is 0 Å². The molecule has 2 aromatic heterocycles. The maximum Gasteiger partial charge on any atom is 0.243 e. The van der Waals surface area contributed by atoms with Crippen LogP contribution in [0.25, 0.3) is 11.0 Å². The van der Waals surface area contributed by atoms with Crippen molar-refractivity contribution < 1.29 is 14.4 Å². The number of carbonyl (C=O) groups is 3. The Bertz CT molecular complexity index is 1010. The van der Waals surface area contributed by atoms with E-state index in [0.717, 1.165) is 25.7 Å². The normalized spacial score (nSPS) is 23.1. The molecule has 2 atom stereocenters. The monoisotopic (exact) mass is 425 g/mol. The fraction of sp³-hybridized carbons (Fsp3) is 0.609. The van der Waals surface area contributed by atoms with Gasteiger partial charge in [-0.15, -0.1) is 5.10 Å². The molecule has 8 heteroatoms. The highest BCUT2D eigenvalue weighted by atomic mass is 16.2. The molecule has 1 saturated heterocycles. The van der Waals surface area contributed by atoms with Crippen LogP contribution in [-0.2, 0) is 16.1 Å². The fourth-order valence-electron chi connectivity index (χ4n) is 5.13. The number of ketones is 1. The van der Waals surface area contributed by atoms with Gasteiger partial charge in [-0.3, -0.25) is 14.4 Å². The van der Waals surface area contributed by atoms with E-state index in [1.165, 1.54) is 19.5 Å². The number of nitrogens with zero attached hydrogens (tertiary/aromatic N) is 4. The summed E-state index contributed by atoms with van der Waals surface area (Å²) in [5.74, 6) is -0.271. The molecule has 1 unspecified atom stereocenters. The molecule has 1 saturated carbocycles. The van der Waals surface area contributed by atoms with E-state index in [9.17, 15) is 14.4 Å². The number of Topliss-reactive ketones (excluding diaryl/α,β-unsaturated/α-hetero) is 1. The molecule has 3 heterocycles. The third-order valence-corrected chi connectivity index (χ3v) is 6.66. The van der Waals surface area contributed by atoms with E-state index < -0.39 is 6.04 Å². The van der Waals surface area contributed by atoms with Crippen LogP contribution >= 0.6 is 0 Å². The maximum absolute atomic E-state index is 13.1. The molecule has 1 aliphatic carbocycles. The van der Waals surface area contributed by atoms with Gasteiger partial charge in [0.2, 0.25) is 11.8 Å². The summed E-state index contributed by atoms with van der Waals surface area (Å²) < 4.78 is 1.67. The highest BCUT2D eigenvalue weighted by Crippen LogP contribution is 2.35. The number of nitrogens with one attached hydrogen (secondary N) is 1. The molecule has 2 amide bonds. The van der Waals surface area contributed by atoms with Crippen LogP contribution in [0.5, 0.6) is 0 Å². The first-order chi connectivity index (χ1) is 14.7. The zero-order valence-corrected chi connectivity index (χ0v) is 18.6. The average molecular weight is 426 g/mol. The lowest BCUT2D eigenvalue weighted by Crippen LogP contribution is -2.50. The predicted octanol–water partition coefficient (Wildman–Crippen LogP) is 2.71. The molecule has 2 aromatic rings. The maximum atomic E-state index is 13.1. The molecular formula is C23H31N5O3. The van der Waals surface area contributed by atoms with E-state index in [1.807, 2.05) is 0 Å². The van der Waals surface area contributed by atoms with E-state index in [0.29, 0.717) is 29.6 Å². The highest BCUT2D eigenvalue weighted by molar-refractivity contribution is 6.06. The van der Waals surface area contributed by atoms with E-state index in [-0.39, 0.29) is 35.6 Å². The molecule has 1 aliphatic heterocycles. The summed E-state index contributed by atoms with van der Waals surface area (Å²) in [6, 6.07) is 1.48. The van der Waals surface area contributed by atoms with E-state index in [1.54, 1.807) is 21.7 Å². The van der Waals surface area contributed by atoms with E-state index >= 15 is 0 Å². The van der Waals surface area contributed by atoms with Crippen molar-refractivity contribution in [3.8, 4) is 0 Å². The minimum absolute atomic E-state index is 0.0305.